The molecule has 0 atom stereocenters. The Hall–Kier alpha value is -4.57. The van der Waals surface area contributed by atoms with Crippen LogP contribution in [0.4, 0.5) is 11.6 Å². The van der Waals surface area contributed by atoms with Gasteiger partial charge in [0.25, 0.3) is 0 Å². The summed E-state index contributed by atoms with van der Waals surface area (Å²) in [5.41, 5.74) is 3.70. The molecule has 4 aromatic rings. The molecule has 1 fully saturated rings. The van der Waals surface area contributed by atoms with Crippen LogP contribution in [0.3, 0.4) is 0 Å². The van der Waals surface area contributed by atoms with E-state index in [1.165, 1.54) is 0 Å². The third-order valence-corrected chi connectivity index (χ3v) is 7.14. The van der Waals surface area contributed by atoms with E-state index in [9.17, 15) is 9.59 Å². The summed E-state index contributed by atoms with van der Waals surface area (Å²) >= 11 is 0. The predicted octanol–water partition coefficient (Wildman–Crippen LogP) is 4.95. The fraction of sp³-hybridized carbons (Fsp3) is 0.323. The van der Waals surface area contributed by atoms with E-state index in [-0.39, 0.29) is 37.8 Å². The number of amides is 1. The van der Waals surface area contributed by atoms with Gasteiger partial charge in [-0.15, -0.1) is 0 Å². The summed E-state index contributed by atoms with van der Waals surface area (Å²) < 4.78 is 10.5. The van der Waals surface area contributed by atoms with Gasteiger partial charge < -0.3 is 24.8 Å². The van der Waals surface area contributed by atoms with E-state index < -0.39 is 5.97 Å². The van der Waals surface area contributed by atoms with Crippen LogP contribution < -0.4 is 15.0 Å². The summed E-state index contributed by atoms with van der Waals surface area (Å²) in [6.45, 7) is 1.65. The van der Waals surface area contributed by atoms with Crippen molar-refractivity contribution in [2.24, 2.45) is 0 Å². The molecular weight excluding hydrogens is 522 g/mol. The molecule has 5 rings (SSSR count). The molecule has 0 saturated heterocycles. The maximum absolute atomic E-state index is 12.7. The third-order valence-electron chi connectivity index (χ3n) is 7.14. The zero-order valence-corrected chi connectivity index (χ0v) is 22.9. The highest BCUT2D eigenvalue weighted by Gasteiger charge is 2.28. The van der Waals surface area contributed by atoms with Gasteiger partial charge in [0.1, 0.15) is 13.2 Å². The number of nitrogens with one attached hydrogen (secondary N) is 1. The van der Waals surface area contributed by atoms with Crippen molar-refractivity contribution < 1.29 is 24.2 Å². The van der Waals surface area contributed by atoms with Gasteiger partial charge in [-0.1, -0.05) is 30.3 Å². The Morgan fingerprint density at radius 2 is 1.68 bits per heavy atom. The number of carbonyl (C=O) groups excluding carboxylic acids is 1. The van der Waals surface area contributed by atoms with Crippen LogP contribution in [0, 0.1) is 0 Å². The van der Waals surface area contributed by atoms with Crippen molar-refractivity contribution in [3.8, 4) is 17.0 Å². The number of benzene rings is 2. The minimum Gasteiger partial charge on any atom is -0.480 e. The van der Waals surface area contributed by atoms with Crippen molar-refractivity contribution in [2.45, 2.75) is 44.7 Å². The maximum Gasteiger partial charge on any atom is 0.329 e. The number of fused-ring (bicyclic) bond motifs is 1. The number of aliphatic carboxylic acids is 1. The number of pyridine rings is 1. The van der Waals surface area contributed by atoms with Crippen molar-refractivity contribution in [1.29, 1.82) is 0 Å². The van der Waals surface area contributed by atoms with Gasteiger partial charge in [-0.3, -0.25) is 4.79 Å². The number of para-hydroxylation sites is 1. The predicted molar refractivity (Wildman–Crippen MR) is 156 cm³/mol. The van der Waals surface area contributed by atoms with Gasteiger partial charge in [0.05, 0.1) is 12.1 Å². The smallest absolute Gasteiger partial charge is 0.329 e. The van der Waals surface area contributed by atoms with E-state index in [0.717, 1.165) is 53.4 Å². The molecule has 1 amide bonds. The molecule has 1 aliphatic carbocycles. The molecule has 10 nitrogen and oxygen atoms in total. The molecule has 1 saturated carbocycles. The van der Waals surface area contributed by atoms with Gasteiger partial charge in [-0.25, -0.2) is 19.7 Å². The number of hydrogen-bond acceptors (Lipinski definition) is 8. The lowest BCUT2D eigenvalue weighted by Crippen LogP contribution is -2.43. The molecule has 41 heavy (non-hydrogen) atoms. The number of nitrogens with zero attached hydrogens (tertiary/aromatic N) is 4. The number of carboxylic acids is 1. The van der Waals surface area contributed by atoms with Crippen molar-refractivity contribution in [3.05, 3.63) is 73.1 Å². The molecule has 10 heteroatoms. The maximum atomic E-state index is 12.7. The number of ether oxygens (including phenoxy) is 2. The molecule has 2 heterocycles. The SMILES string of the molecule is CC(=O)N(c1ccc(-c2ccc(OCCOCC(=O)O)nc2)cc1)C1CCC(Nc2ncc3ccccc3n2)CC1. The van der Waals surface area contributed by atoms with Crippen LogP contribution in [0.5, 0.6) is 5.88 Å². The van der Waals surface area contributed by atoms with Gasteiger partial charge in [0.2, 0.25) is 17.7 Å². The molecule has 212 valence electrons. The van der Waals surface area contributed by atoms with E-state index in [4.69, 9.17) is 14.6 Å². The summed E-state index contributed by atoms with van der Waals surface area (Å²) in [4.78, 5) is 38.5. The molecule has 2 N–H and O–H groups in total. The topological polar surface area (TPSA) is 127 Å². The third kappa shape index (κ3) is 7.34. The van der Waals surface area contributed by atoms with Gasteiger partial charge >= 0.3 is 5.97 Å². The van der Waals surface area contributed by atoms with Crippen molar-refractivity contribution >= 4 is 34.4 Å². The van der Waals surface area contributed by atoms with Gasteiger partial charge in [-0.05, 0) is 55.5 Å². The van der Waals surface area contributed by atoms with E-state index in [2.05, 4.69) is 20.3 Å². The number of aromatic nitrogens is 3. The average molecular weight is 556 g/mol. The molecule has 0 radical (unpaired) electrons. The highest BCUT2D eigenvalue weighted by molar-refractivity contribution is 5.92. The van der Waals surface area contributed by atoms with Crippen LogP contribution in [0.1, 0.15) is 32.6 Å². The second kappa shape index (κ2) is 13.2. The standard InChI is InChI=1S/C31H33N5O5/c1-21(37)36(27-13-9-25(10-14-27)34-31-33-19-24-4-2-3-5-28(24)35-31)26-11-6-22(7-12-26)23-8-15-29(32-18-23)41-17-16-40-20-30(38)39/h2-8,11-12,15,18-19,25,27H,9-10,13-14,16-17,20H2,1H3,(H,38,39)(H,33,34,35). The second-order valence-corrected chi connectivity index (χ2v) is 10.0. The van der Waals surface area contributed by atoms with Gasteiger partial charge in [-0.2, -0.15) is 0 Å². The average Bonchev–Trinajstić information content (AvgIpc) is 2.98. The largest absolute Gasteiger partial charge is 0.480 e. The molecule has 1 aliphatic rings. The van der Waals surface area contributed by atoms with Gasteiger partial charge in [0.15, 0.2) is 0 Å². The monoisotopic (exact) mass is 555 g/mol. The fourth-order valence-electron chi connectivity index (χ4n) is 5.17. The molecule has 0 aliphatic heterocycles. The first kappa shape index (κ1) is 28.0. The highest BCUT2D eigenvalue weighted by atomic mass is 16.5. The normalized spacial score (nSPS) is 16.7. The Morgan fingerprint density at radius 3 is 2.39 bits per heavy atom. The quantitative estimate of drug-likeness (QED) is 0.247. The first-order chi connectivity index (χ1) is 20.0. The Bertz CT molecular complexity index is 1470. The van der Waals surface area contributed by atoms with E-state index in [0.29, 0.717) is 11.8 Å². The second-order valence-electron chi connectivity index (χ2n) is 10.0. The summed E-state index contributed by atoms with van der Waals surface area (Å²) in [7, 11) is 0. The van der Waals surface area contributed by atoms with Crippen molar-refractivity contribution in [3.63, 3.8) is 0 Å². The number of rotatable bonds is 11. The summed E-state index contributed by atoms with van der Waals surface area (Å²) in [6, 6.07) is 20.0. The van der Waals surface area contributed by atoms with Crippen LogP contribution in [0.2, 0.25) is 0 Å². The Balaban J connectivity index is 1.15. The van der Waals surface area contributed by atoms with Crippen LogP contribution in [-0.4, -0.2) is 63.8 Å². The number of carboxylic acid groups (broad SMARTS) is 1. The summed E-state index contributed by atoms with van der Waals surface area (Å²) in [6.07, 6.45) is 7.19. The lowest BCUT2D eigenvalue weighted by Gasteiger charge is -2.36. The van der Waals surface area contributed by atoms with Crippen molar-refractivity contribution in [1.82, 2.24) is 15.0 Å². The van der Waals surface area contributed by atoms with E-state index in [1.807, 2.05) is 65.7 Å². The van der Waals surface area contributed by atoms with Crippen LogP contribution >= 0.6 is 0 Å². The van der Waals surface area contributed by atoms with Crippen LogP contribution in [-0.2, 0) is 14.3 Å². The lowest BCUT2D eigenvalue weighted by molar-refractivity contribution is -0.142. The van der Waals surface area contributed by atoms with E-state index >= 15 is 0 Å². The molecular formula is C31H33N5O5. The number of anilines is 2. The minimum atomic E-state index is -1.02. The Morgan fingerprint density at radius 1 is 0.927 bits per heavy atom. The zero-order chi connectivity index (χ0) is 28.6. The zero-order valence-electron chi connectivity index (χ0n) is 22.9. The molecule has 0 spiro atoms. The first-order valence-corrected chi connectivity index (χ1v) is 13.7. The molecule has 0 unspecified atom stereocenters. The Labute approximate surface area is 238 Å². The highest BCUT2D eigenvalue weighted by Crippen LogP contribution is 2.31. The van der Waals surface area contributed by atoms with E-state index in [1.54, 1.807) is 19.2 Å². The molecule has 2 aromatic carbocycles. The first-order valence-electron chi connectivity index (χ1n) is 13.7. The number of hydrogen-bond donors (Lipinski definition) is 2. The minimum absolute atomic E-state index is 0.0301. The molecule has 0 bridgehead atoms. The lowest BCUT2D eigenvalue weighted by atomic mass is 9.89. The molecule has 2 aromatic heterocycles. The fourth-order valence-corrected chi connectivity index (χ4v) is 5.17. The van der Waals surface area contributed by atoms with Crippen LogP contribution in [0.15, 0.2) is 73.1 Å². The summed E-state index contributed by atoms with van der Waals surface area (Å²) in [5.74, 6) is 0.0924. The van der Waals surface area contributed by atoms with Crippen molar-refractivity contribution in [2.75, 3.05) is 30.0 Å². The number of carbonyl (C=O) groups is 2. The van der Waals surface area contributed by atoms with Crippen LogP contribution in [0.25, 0.3) is 22.0 Å². The summed E-state index contributed by atoms with van der Waals surface area (Å²) in [5, 5.41) is 13.1. The van der Waals surface area contributed by atoms with Gasteiger partial charge in [0, 0.05) is 54.1 Å². The Kier molecular flexibility index (Phi) is 9.00.